The second kappa shape index (κ2) is 12.5. The van der Waals surface area contributed by atoms with Gasteiger partial charge in [0.05, 0.1) is 6.10 Å². The van der Waals surface area contributed by atoms with Gasteiger partial charge in [-0.05, 0) is 59.8 Å². The van der Waals surface area contributed by atoms with E-state index in [-0.39, 0.29) is 25.0 Å². The molecule has 1 aliphatic rings. The van der Waals surface area contributed by atoms with Crippen molar-refractivity contribution in [2.45, 2.75) is 116 Å². The van der Waals surface area contributed by atoms with Crippen LogP contribution in [0.5, 0.6) is 0 Å². The van der Waals surface area contributed by atoms with Crippen molar-refractivity contribution < 1.29 is 37.0 Å². The largest absolute Gasteiger partial charge is 0.461 e. The van der Waals surface area contributed by atoms with Crippen molar-refractivity contribution >= 4 is 12.1 Å². The van der Waals surface area contributed by atoms with E-state index in [2.05, 4.69) is 5.32 Å². The molecule has 0 radical (unpaired) electrons. The van der Waals surface area contributed by atoms with Crippen molar-refractivity contribution in [3.05, 3.63) is 0 Å². The summed E-state index contributed by atoms with van der Waals surface area (Å²) in [5.41, 5.74) is -0.694. The maximum absolute atomic E-state index is 12.7. The first-order valence-corrected chi connectivity index (χ1v) is 11.2. The summed E-state index contributed by atoms with van der Waals surface area (Å²) in [6, 6.07) is -0.840. The molecule has 1 N–H and O–H groups in total. The summed E-state index contributed by atoms with van der Waals surface area (Å²) in [5, 5.41) is 2.58. The van der Waals surface area contributed by atoms with Gasteiger partial charge >= 0.3 is 18.2 Å². The summed E-state index contributed by atoms with van der Waals surface area (Å²) < 4.78 is 54.0. The van der Waals surface area contributed by atoms with E-state index in [1.807, 2.05) is 6.92 Å². The third kappa shape index (κ3) is 11.6. The number of alkyl halides is 3. The predicted octanol–water partition coefficient (Wildman–Crippen LogP) is 5.53. The Kier molecular flexibility index (Phi) is 11.1. The molecule has 9 heteroatoms. The fourth-order valence-electron chi connectivity index (χ4n) is 3.67. The number of halogens is 3. The number of esters is 1. The number of cyclic esters (lactones) is 1. The van der Waals surface area contributed by atoms with Crippen molar-refractivity contribution in [3.8, 4) is 0 Å². The lowest BCUT2D eigenvalue weighted by Gasteiger charge is -2.31. The monoisotopic (exact) mass is 453 g/mol. The van der Waals surface area contributed by atoms with Crippen molar-refractivity contribution in [3.63, 3.8) is 0 Å². The highest BCUT2D eigenvalue weighted by Gasteiger charge is 2.35. The van der Waals surface area contributed by atoms with E-state index in [4.69, 9.17) is 14.2 Å². The van der Waals surface area contributed by atoms with E-state index in [0.29, 0.717) is 19.3 Å². The second-order valence-electron chi connectivity index (χ2n) is 9.21. The van der Waals surface area contributed by atoms with Gasteiger partial charge in [0.2, 0.25) is 0 Å². The summed E-state index contributed by atoms with van der Waals surface area (Å²) in [6.45, 7) is 9.03. The first-order valence-electron chi connectivity index (χ1n) is 11.2. The second-order valence-corrected chi connectivity index (χ2v) is 9.21. The number of carbonyl (C=O) groups is 2. The van der Waals surface area contributed by atoms with Gasteiger partial charge in [0.15, 0.2) is 0 Å². The van der Waals surface area contributed by atoms with E-state index in [1.165, 1.54) is 0 Å². The highest BCUT2D eigenvalue weighted by molar-refractivity contribution is 5.81. The summed E-state index contributed by atoms with van der Waals surface area (Å²) in [7, 11) is 0. The molecule has 0 aliphatic carbocycles. The fourth-order valence-corrected chi connectivity index (χ4v) is 3.67. The first kappa shape index (κ1) is 27.5. The van der Waals surface area contributed by atoms with E-state index in [9.17, 15) is 22.8 Å². The minimum absolute atomic E-state index is 0.00700. The molecule has 1 heterocycles. The molecule has 4 atom stereocenters. The average Bonchev–Trinajstić information content (AvgIpc) is 2.65. The predicted molar refractivity (Wildman–Crippen MR) is 111 cm³/mol. The number of alkyl carbamates (subject to hydrolysis) is 1. The Morgan fingerprint density at radius 3 is 2.45 bits per heavy atom. The Morgan fingerprint density at radius 2 is 1.87 bits per heavy atom. The quantitative estimate of drug-likeness (QED) is 0.386. The van der Waals surface area contributed by atoms with Gasteiger partial charge in [-0.15, -0.1) is 0 Å². The van der Waals surface area contributed by atoms with E-state index in [1.54, 1.807) is 27.7 Å². The van der Waals surface area contributed by atoms with Crippen LogP contribution >= 0.6 is 0 Å². The maximum Gasteiger partial charge on any atom is 0.408 e. The molecule has 0 saturated carbocycles. The SMILES string of the molecule is CCCCC1C(C)OC(=O)C(NC(=O)OC(C)(C)C)CCCC1OCCCC(F)(F)F. The van der Waals surface area contributed by atoms with Crippen LogP contribution in [0, 0.1) is 5.92 Å². The molecule has 31 heavy (non-hydrogen) atoms. The molecule has 1 amide bonds. The van der Waals surface area contributed by atoms with Crippen molar-refractivity contribution in [1.82, 2.24) is 5.32 Å². The summed E-state index contributed by atoms with van der Waals surface area (Å²) in [4.78, 5) is 24.8. The molecule has 1 fully saturated rings. The van der Waals surface area contributed by atoms with Crippen LogP contribution in [0.2, 0.25) is 0 Å². The molecule has 0 aromatic rings. The number of amides is 1. The minimum atomic E-state index is -4.20. The number of hydrogen-bond donors (Lipinski definition) is 1. The van der Waals surface area contributed by atoms with E-state index < -0.39 is 42.4 Å². The summed E-state index contributed by atoms with van der Waals surface area (Å²) in [6.07, 6.45) is -2.58. The first-order chi connectivity index (χ1) is 14.3. The minimum Gasteiger partial charge on any atom is -0.461 e. The zero-order valence-corrected chi connectivity index (χ0v) is 19.3. The van der Waals surface area contributed by atoms with Crippen LogP contribution < -0.4 is 5.32 Å². The van der Waals surface area contributed by atoms with Crippen LogP contribution in [0.15, 0.2) is 0 Å². The summed E-state index contributed by atoms with van der Waals surface area (Å²) >= 11 is 0. The molecule has 1 aliphatic heterocycles. The average molecular weight is 454 g/mol. The van der Waals surface area contributed by atoms with Gasteiger partial charge in [0.25, 0.3) is 0 Å². The summed E-state index contributed by atoms with van der Waals surface area (Å²) in [5.74, 6) is -0.646. The van der Waals surface area contributed by atoms with Gasteiger partial charge in [0.1, 0.15) is 17.7 Å². The van der Waals surface area contributed by atoms with Crippen LogP contribution in [0.25, 0.3) is 0 Å². The molecule has 182 valence electrons. The Morgan fingerprint density at radius 1 is 1.19 bits per heavy atom. The maximum atomic E-state index is 12.7. The molecule has 0 aromatic carbocycles. The van der Waals surface area contributed by atoms with Crippen molar-refractivity contribution in [2.75, 3.05) is 6.61 Å². The lowest BCUT2D eigenvalue weighted by molar-refractivity contribution is -0.157. The van der Waals surface area contributed by atoms with Crippen molar-refractivity contribution in [2.24, 2.45) is 5.92 Å². The smallest absolute Gasteiger partial charge is 0.408 e. The van der Waals surface area contributed by atoms with Gasteiger partial charge in [0, 0.05) is 18.9 Å². The number of rotatable bonds is 8. The highest BCUT2D eigenvalue weighted by atomic mass is 19.4. The zero-order chi connectivity index (χ0) is 23.7. The van der Waals surface area contributed by atoms with Crippen LogP contribution in [-0.4, -0.2) is 48.7 Å². The van der Waals surface area contributed by atoms with Crippen molar-refractivity contribution in [1.29, 1.82) is 0 Å². The number of unbranched alkanes of at least 4 members (excludes halogenated alkanes) is 1. The number of hydrogen-bond acceptors (Lipinski definition) is 5. The zero-order valence-electron chi connectivity index (χ0n) is 19.3. The van der Waals surface area contributed by atoms with Gasteiger partial charge in [-0.1, -0.05) is 19.8 Å². The van der Waals surface area contributed by atoms with Crippen LogP contribution in [0.4, 0.5) is 18.0 Å². The van der Waals surface area contributed by atoms with E-state index in [0.717, 1.165) is 19.3 Å². The molecule has 0 spiro atoms. The third-order valence-corrected chi connectivity index (χ3v) is 5.17. The molecule has 0 aromatic heterocycles. The lowest BCUT2D eigenvalue weighted by atomic mass is 9.88. The third-order valence-electron chi connectivity index (χ3n) is 5.17. The molecule has 0 bridgehead atoms. The molecule has 1 saturated heterocycles. The van der Waals surface area contributed by atoms with Gasteiger partial charge in [-0.25, -0.2) is 9.59 Å². The molecular weight excluding hydrogens is 415 g/mol. The van der Waals surface area contributed by atoms with Crippen LogP contribution in [0.3, 0.4) is 0 Å². The van der Waals surface area contributed by atoms with E-state index >= 15 is 0 Å². The van der Waals surface area contributed by atoms with Crippen LogP contribution in [-0.2, 0) is 19.0 Å². The van der Waals surface area contributed by atoms with Gasteiger partial charge in [-0.3, -0.25) is 0 Å². The fraction of sp³-hybridized carbons (Fsp3) is 0.909. The Bertz CT molecular complexity index is 562. The number of ether oxygens (including phenoxy) is 3. The normalized spacial score (nSPS) is 25.7. The molecular formula is C22H38F3NO5. The van der Waals surface area contributed by atoms with Gasteiger partial charge in [-0.2, -0.15) is 13.2 Å². The highest BCUT2D eigenvalue weighted by Crippen LogP contribution is 2.29. The topological polar surface area (TPSA) is 73.9 Å². The Labute approximate surface area is 183 Å². The van der Waals surface area contributed by atoms with Gasteiger partial charge < -0.3 is 19.5 Å². The lowest BCUT2D eigenvalue weighted by Crippen LogP contribution is -2.45. The number of nitrogens with one attached hydrogen (secondary N) is 1. The standard InChI is InChI=1S/C22H38F3NO5/c1-6-7-10-16-15(2)30-19(27)17(26-20(28)31-21(3,4)5)11-8-12-18(16)29-14-9-13-22(23,24)25/h15-18H,6-14H2,1-5H3,(H,26,28). The molecule has 6 nitrogen and oxygen atoms in total. The van der Waals surface area contributed by atoms with Crippen LogP contribution in [0.1, 0.15) is 86.0 Å². The molecule has 4 unspecified atom stereocenters. The molecule has 1 rings (SSSR count). The Hall–Kier alpha value is -1.51. The number of carbonyl (C=O) groups excluding carboxylic acids is 2. The Balaban J connectivity index is 2.81.